The molecule has 0 spiro atoms. The van der Waals surface area contributed by atoms with Gasteiger partial charge < -0.3 is 9.73 Å². The van der Waals surface area contributed by atoms with Crippen LogP contribution >= 0.6 is 11.8 Å². The Kier molecular flexibility index (Phi) is 3.34. The van der Waals surface area contributed by atoms with Gasteiger partial charge in [0.05, 0.1) is 11.1 Å². The SMILES string of the molecule is Fc1cccc(CNC2CC2)c1Sc1ncco1. The molecule has 1 N–H and O–H groups in total. The van der Waals surface area contributed by atoms with Crippen molar-refractivity contribution in [2.24, 2.45) is 0 Å². The lowest BCUT2D eigenvalue weighted by Gasteiger charge is -2.09. The maximum Gasteiger partial charge on any atom is 0.260 e. The zero-order chi connectivity index (χ0) is 12.4. The van der Waals surface area contributed by atoms with E-state index in [1.807, 2.05) is 6.07 Å². The average Bonchev–Trinajstić information content (AvgIpc) is 3.06. The quantitative estimate of drug-likeness (QED) is 0.900. The molecule has 1 heterocycles. The first-order valence-corrected chi connectivity index (χ1v) is 6.72. The van der Waals surface area contributed by atoms with E-state index in [-0.39, 0.29) is 5.82 Å². The standard InChI is InChI=1S/C13H13FN2OS/c14-11-3-1-2-9(8-16-10-4-5-10)12(11)18-13-15-6-7-17-13/h1-3,6-7,10,16H,4-5,8H2. The first-order chi connectivity index (χ1) is 8.83. The minimum Gasteiger partial charge on any atom is -0.440 e. The Balaban J connectivity index is 1.80. The van der Waals surface area contributed by atoms with Gasteiger partial charge in [-0.15, -0.1) is 0 Å². The van der Waals surface area contributed by atoms with Crippen molar-refractivity contribution in [2.75, 3.05) is 0 Å². The smallest absolute Gasteiger partial charge is 0.260 e. The summed E-state index contributed by atoms with van der Waals surface area (Å²) in [7, 11) is 0. The number of oxazole rings is 1. The summed E-state index contributed by atoms with van der Waals surface area (Å²) in [6.45, 7) is 0.686. The van der Waals surface area contributed by atoms with E-state index in [1.165, 1.54) is 36.9 Å². The number of rotatable bonds is 5. The van der Waals surface area contributed by atoms with Crippen molar-refractivity contribution in [2.45, 2.75) is 35.5 Å². The molecule has 5 heteroatoms. The molecule has 0 atom stereocenters. The van der Waals surface area contributed by atoms with E-state index < -0.39 is 0 Å². The van der Waals surface area contributed by atoms with E-state index >= 15 is 0 Å². The van der Waals surface area contributed by atoms with Gasteiger partial charge in [0.25, 0.3) is 5.22 Å². The summed E-state index contributed by atoms with van der Waals surface area (Å²) in [5, 5.41) is 3.85. The third-order valence-corrected chi connectivity index (χ3v) is 3.84. The first-order valence-electron chi connectivity index (χ1n) is 5.91. The Morgan fingerprint density at radius 1 is 1.44 bits per heavy atom. The Morgan fingerprint density at radius 2 is 2.33 bits per heavy atom. The van der Waals surface area contributed by atoms with Crippen LogP contribution in [-0.2, 0) is 6.54 Å². The number of hydrogen-bond acceptors (Lipinski definition) is 4. The van der Waals surface area contributed by atoms with Crippen molar-refractivity contribution in [3.05, 3.63) is 42.0 Å². The molecule has 0 saturated heterocycles. The third-order valence-electron chi connectivity index (χ3n) is 2.81. The highest BCUT2D eigenvalue weighted by Gasteiger charge is 2.21. The van der Waals surface area contributed by atoms with Crippen molar-refractivity contribution < 1.29 is 8.81 Å². The zero-order valence-corrected chi connectivity index (χ0v) is 10.5. The van der Waals surface area contributed by atoms with E-state index in [4.69, 9.17) is 4.42 Å². The van der Waals surface area contributed by atoms with E-state index in [0.717, 1.165) is 5.56 Å². The van der Waals surface area contributed by atoms with Crippen molar-refractivity contribution >= 4 is 11.8 Å². The second kappa shape index (κ2) is 5.12. The van der Waals surface area contributed by atoms with Gasteiger partial charge in [-0.25, -0.2) is 9.37 Å². The molecule has 0 bridgehead atoms. The lowest BCUT2D eigenvalue weighted by molar-refractivity contribution is 0.453. The second-order valence-electron chi connectivity index (χ2n) is 4.28. The average molecular weight is 264 g/mol. The lowest BCUT2D eigenvalue weighted by Crippen LogP contribution is -2.16. The molecule has 0 radical (unpaired) electrons. The Labute approximate surface area is 109 Å². The van der Waals surface area contributed by atoms with Crippen LogP contribution in [0.5, 0.6) is 0 Å². The van der Waals surface area contributed by atoms with Gasteiger partial charge >= 0.3 is 0 Å². The molecule has 0 amide bonds. The van der Waals surface area contributed by atoms with Crippen LogP contribution in [0.2, 0.25) is 0 Å². The third kappa shape index (κ3) is 2.73. The van der Waals surface area contributed by atoms with Gasteiger partial charge in [0.15, 0.2) is 0 Å². The molecule has 1 aliphatic carbocycles. The summed E-state index contributed by atoms with van der Waals surface area (Å²) in [6, 6.07) is 5.74. The van der Waals surface area contributed by atoms with Gasteiger partial charge in [-0.1, -0.05) is 12.1 Å². The van der Waals surface area contributed by atoms with Gasteiger partial charge in [-0.05, 0) is 36.2 Å². The van der Waals surface area contributed by atoms with Crippen molar-refractivity contribution in [3.63, 3.8) is 0 Å². The summed E-state index contributed by atoms with van der Waals surface area (Å²) in [4.78, 5) is 4.60. The number of benzene rings is 1. The van der Waals surface area contributed by atoms with Gasteiger partial charge in [0.1, 0.15) is 12.1 Å². The van der Waals surface area contributed by atoms with Crippen molar-refractivity contribution in [1.82, 2.24) is 10.3 Å². The van der Waals surface area contributed by atoms with Crippen LogP contribution in [0.4, 0.5) is 4.39 Å². The highest BCUT2D eigenvalue weighted by atomic mass is 32.2. The predicted molar refractivity (Wildman–Crippen MR) is 66.9 cm³/mol. The Hall–Kier alpha value is -1.33. The summed E-state index contributed by atoms with van der Waals surface area (Å²) in [5.74, 6) is -0.228. The van der Waals surface area contributed by atoms with Crippen LogP contribution in [0.1, 0.15) is 18.4 Å². The summed E-state index contributed by atoms with van der Waals surface area (Å²) >= 11 is 1.23. The van der Waals surface area contributed by atoms with Crippen LogP contribution in [0.25, 0.3) is 0 Å². The normalized spacial score (nSPS) is 14.9. The lowest BCUT2D eigenvalue weighted by atomic mass is 10.2. The van der Waals surface area contributed by atoms with Crippen LogP contribution in [0, 0.1) is 5.82 Å². The summed E-state index contributed by atoms with van der Waals surface area (Å²) < 4.78 is 19.0. The molecule has 1 aromatic heterocycles. The molecule has 18 heavy (non-hydrogen) atoms. The minimum absolute atomic E-state index is 0.228. The molecule has 3 rings (SSSR count). The molecule has 1 fully saturated rings. The molecule has 2 aromatic rings. The largest absolute Gasteiger partial charge is 0.440 e. The van der Waals surface area contributed by atoms with Crippen molar-refractivity contribution in [1.29, 1.82) is 0 Å². The Bertz CT molecular complexity index is 526. The summed E-state index contributed by atoms with van der Waals surface area (Å²) in [5.41, 5.74) is 0.949. The van der Waals surface area contributed by atoms with Gasteiger partial charge in [0.2, 0.25) is 0 Å². The molecule has 94 valence electrons. The minimum atomic E-state index is -0.228. The second-order valence-corrected chi connectivity index (χ2v) is 5.24. The topological polar surface area (TPSA) is 38.1 Å². The summed E-state index contributed by atoms with van der Waals surface area (Å²) in [6.07, 6.45) is 5.49. The van der Waals surface area contributed by atoms with Gasteiger partial charge in [-0.2, -0.15) is 0 Å². The maximum atomic E-state index is 13.9. The molecule has 3 nitrogen and oxygen atoms in total. The van der Waals surface area contributed by atoms with Crippen LogP contribution in [0.3, 0.4) is 0 Å². The molecular weight excluding hydrogens is 251 g/mol. The molecular formula is C13H13FN2OS. The number of halogens is 1. The zero-order valence-electron chi connectivity index (χ0n) is 9.73. The van der Waals surface area contributed by atoms with Crippen molar-refractivity contribution in [3.8, 4) is 0 Å². The van der Waals surface area contributed by atoms with Crippen LogP contribution in [-0.4, -0.2) is 11.0 Å². The molecule has 0 aliphatic heterocycles. The fraction of sp³-hybridized carbons (Fsp3) is 0.308. The highest BCUT2D eigenvalue weighted by molar-refractivity contribution is 7.99. The van der Waals surface area contributed by atoms with Crippen LogP contribution in [0.15, 0.2) is 45.2 Å². The fourth-order valence-electron chi connectivity index (χ4n) is 1.70. The number of hydrogen-bond donors (Lipinski definition) is 1. The number of aromatic nitrogens is 1. The molecule has 1 aliphatic rings. The van der Waals surface area contributed by atoms with E-state index in [0.29, 0.717) is 22.7 Å². The van der Waals surface area contributed by atoms with Crippen LogP contribution < -0.4 is 5.32 Å². The van der Waals surface area contributed by atoms with E-state index in [1.54, 1.807) is 12.3 Å². The predicted octanol–water partition coefficient (Wildman–Crippen LogP) is 3.22. The van der Waals surface area contributed by atoms with E-state index in [2.05, 4.69) is 10.3 Å². The Morgan fingerprint density at radius 3 is 3.06 bits per heavy atom. The maximum absolute atomic E-state index is 13.9. The molecule has 0 unspecified atom stereocenters. The fourth-order valence-corrected chi connectivity index (χ4v) is 2.53. The number of nitrogens with one attached hydrogen (secondary N) is 1. The molecule has 1 saturated carbocycles. The molecule has 1 aromatic carbocycles. The first kappa shape index (κ1) is 11.7. The van der Waals surface area contributed by atoms with Gasteiger partial charge in [-0.3, -0.25) is 0 Å². The van der Waals surface area contributed by atoms with Gasteiger partial charge in [0, 0.05) is 12.6 Å². The number of nitrogens with zero attached hydrogens (tertiary/aromatic N) is 1. The van der Waals surface area contributed by atoms with E-state index in [9.17, 15) is 4.39 Å². The highest BCUT2D eigenvalue weighted by Crippen LogP contribution is 2.32. The monoisotopic (exact) mass is 264 g/mol.